The molecule has 138 valence electrons. The molecule has 2 heterocycles. The third kappa shape index (κ3) is 3.60. The molecule has 0 spiro atoms. The Kier molecular flexibility index (Phi) is 5.61. The number of nitrogens with zero attached hydrogens (tertiary/aromatic N) is 3. The van der Waals surface area contributed by atoms with Crippen LogP contribution in [-0.4, -0.2) is 33.1 Å². The summed E-state index contributed by atoms with van der Waals surface area (Å²) in [6.45, 7) is 5.93. The highest BCUT2D eigenvalue weighted by Gasteiger charge is 2.35. The minimum Gasteiger partial charge on any atom is -0.463 e. The van der Waals surface area contributed by atoms with Gasteiger partial charge in [-0.3, -0.25) is 0 Å². The van der Waals surface area contributed by atoms with Crippen LogP contribution in [0, 0.1) is 5.82 Å². The SMILES string of the molecule is CCCSc1nc2n(n1)[C@@H](c1ccc(F)cc1)C(C(=O)OCC)=C(C)N2. The normalized spacial score (nSPS) is 16.2. The first-order valence-electron chi connectivity index (χ1n) is 8.54. The molecule has 0 saturated heterocycles. The number of carbonyl (C=O) groups is 1. The van der Waals surface area contributed by atoms with E-state index in [2.05, 4.69) is 22.3 Å². The van der Waals surface area contributed by atoms with Crippen molar-refractivity contribution in [2.24, 2.45) is 0 Å². The molecule has 1 aromatic heterocycles. The van der Waals surface area contributed by atoms with Crippen LogP contribution in [0.4, 0.5) is 10.3 Å². The molecule has 1 atom stereocenters. The topological polar surface area (TPSA) is 69.0 Å². The van der Waals surface area contributed by atoms with E-state index in [-0.39, 0.29) is 12.4 Å². The average molecular weight is 376 g/mol. The second kappa shape index (κ2) is 7.90. The molecule has 0 aliphatic carbocycles. The van der Waals surface area contributed by atoms with E-state index in [0.29, 0.717) is 22.4 Å². The molecule has 0 amide bonds. The van der Waals surface area contributed by atoms with Gasteiger partial charge in [0.25, 0.3) is 0 Å². The molecular weight excluding hydrogens is 355 g/mol. The lowest BCUT2D eigenvalue weighted by molar-refractivity contribution is -0.139. The molecule has 0 bridgehead atoms. The van der Waals surface area contributed by atoms with E-state index < -0.39 is 12.0 Å². The lowest BCUT2D eigenvalue weighted by Gasteiger charge is -2.28. The van der Waals surface area contributed by atoms with Crippen molar-refractivity contribution in [1.29, 1.82) is 0 Å². The van der Waals surface area contributed by atoms with Gasteiger partial charge in [-0.2, -0.15) is 4.98 Å². The zero-order valence-electron chi connectivity index (χ0n) is 15.0. The number of rotatable bonds is 6. The predicted octanol–water partition coefficient (Wildman–Crippen LogP) is 3.77. The van der Waals surface area contributed by atoms with Crippen LogP contribution in [-0.2, 0) is 9.53 Å². The Balaban J connectivity index is 2.08. The second-order valence-corrected chi connectivity index (χ2v) is 6.91. The number of fused-ring (bicyclic) bond motifs is 1. The molecule has 0 radical (unpaired) electrons. The van der Waals surface area contributed by atoms with Gasteiger partial charge in [-0.1, -0.05) is 30.8 Å². The van der Waals surface area contributed by atoms with Gasteiger partial charge in [0.05, 0.1) is 12.2 Å². The summed E-state index contributed by atoms with van der Waals surface area (Å²) in [6, 6.07) is 5.54. The van der Waals surface area contributed by atoms with E-state index >= 15 is 0 Å². The number of ether oxygens (including phenoxy) is 1. The first-order valence-corrected chi connectivity index (χ1v) is 9.53. The van der Waals surface area contributed by atoms with Crippen molar-refractivity contribution in [3.8, 4) is 0 Å². The second-order valence-electron chi connectivity index (χ2n) is 5.85. The Morgan fingerprint density at radius 3 is 2.73 bits per heavy atom. The largest absolute Gasteiger partial charge is 0.463 e. The molecular formula is C18H21FN4O2S. The maximum atomic E-state index is 13.4. The number of hydrogen-bond acceptors (Lipinski definition) is 6. The molecule has 26 heavy (non-hydrogen) atoms. The molecule has 8 heteroatoms. The number of allylic oxidation sites excluding steroid dienone is 1. The Labute approximate surface area is 155 Å². The molecule has 3 rings (SSSR count). The lowest BCUT2D eigenvalue weighted by Crippen LogP contribution is -2.29. The van der Waals surface area contributed by atoms with Gasteiger partial charge in [-0.05, 0) is 38.0 Å². The number of nitrogens with one attached hydrogen (secondary N) is 1. The van der Waals surface area contributed by atoms with Crippen LogP contribution >= 0.6 is 11.8 Å². The highest BCUT2D eigenvalue weighted by molar-refractivity contribution is 7.99. The summed E-state index contributed by atoms with van der Waals surface area (Å²) >= 11 is 1.56. The van der Waals surface area contributed by atoms with Crippen LogP contribution in [0.2, 0.25) is 0 Å². The molecule has 1 aliphatic rings. The Bertz CT molecular complexity index is 832. The third-order valence-electron chi connectivity index (χ3n) is 3.95. The molecule has 0 unspecified atom stereocenters. The van der Waals surface area contributed by atoms with E-state index in [0.717, 1.165) is 17.7 Å². The predicted molar refractivity (Wildman–Crippen MR) is 98.5 cm³/mol. The van der Waals surface area contributed by atoms with Gasteiger partial charge >= 0.3 is 5.97 Å². The van der Waals surface area contributed by atoms with Crippen molar-refractivity contribution in [1.82, 2.24) is 14.8 Å². The summed E-state index contributed by atoms with van der Waals surface area (Å²) in [4.78, 5) is 17.1. The quantitative estimate of drug-likeness (QED) is 0.611. The Hall–Kier alpha value is -2.35. The molecule has 0 saturated carbocycles. The summed E-state index contributed by atoms with van der Waals surface area (Å²) in [7, 11) is 0. The number of halogens is 1. The highest BCUT2D eigenvalue weighted by Crippen LogP contribution is 2.36. The molecule has 6 nitrogen and oxygen atoms in total. The maximum Gasteiger partial charge on any atom is 0.338 e. The van der Waals surface area contributed by atoms with Gasteiger partial charge in [0, 0.05) is 11.4 Å². The van der Waals surface area contributed by atoms with Crippen molar-refractivity contribution in [2.75, 3.05) is 17.7 Å². The molecule has 0 fully saturated rings. The van der Waals surface area contributed by atoms with Gasteiger partial charge < -0.3 is 10.1 Å². The van der Waals surface area contributed by atoms with Gasteiger partial charge in [-0.15, -0.1) is 5.10 Å². The van der Waals surface area contributed by atoms with Crippen LogP contribution < -0.4 is 5.32 Å². The number of benzene rings is 1. The van der Waals surface area contributed by atoms with Gasteiger partial charge in [0.2, 0.25) is 11.1 Å². The average Bonchev–Trinajstić information content (AvgIpc) is 3.02. The van der Waals surface area contributed by atoms with Crippen LogP contribution in [0.3, 0.4) is 0 Å². The Morgan fingerprint density at radius 2 is 2.08 bits per heavy atom. The fraction of sp³-hybridized carbons (Fsp3) is 0.389. The fourth-order valence-electron chi connectivity index (χ4n) is 2.81. The van der Waals surface area contributed by atoms with Gasteiger partial charge in [0.1, 0.15) is 11.9 Å². The summed E-state index contributed by atoms with van der Waals surface area (Å²) < 4.78 is 20.3. The maximum absolute atomic E-state index is 13.4. The number of thioether (sulfide) groups is 1. The summed E-state index contributed by atoms with van der Waals surface area (Å²) in [5.74, 6) is 0.709. The van der Waals surface area contributed by atoms with E-state index in [1.54, 1.807) is 42.4 Å². The molecule has 1 N–H and O–H groups in total. The van der Waals surface area contributed by atoms with Crippen molar-refractivity contribution >= 4 is 23.7 Å². The minimum absolute atomic E-state index is 0.271. The summed E-state index contributed by atoms with van der Waals surface area (Å²) in [5, 5.41) is 8.34. The van der Waals surface area contributed by atoms with Crippen molar-refractivity contribution in [2.45, 2.75) is 38.4 Å². The van der Waals surface area contributed by atoms with Crippen LogP contribution in [0.25, 0.3) is 0 Å². The van der Waals surface area contributed by atoms with Crippen LogP contribution in [0.15, 0.2) is 40.7 Å². The van der Waals surface area contributed by atoms with Gasteiger partial charge in [-0.25, -0.2) is 13.9 Å². The molecule has 1 aliphatic heterocycles. The van der Waals surface area contributed by atoms with E-state index in [1.807, 2.05) is 0 Å². The number of anilines is 1. The first-order chi connectivity index (χ1) is 12.5. The van der Waals surface area contributed by atoms with E-state index in [9.17, 15) is 9.18 Å². The van der Waals surface area contributed by atoms with Crippen LogP contribution in [0.5, 0.6) is 0 Å². The zero-order chi connectivity index (χ0) is 18.7. The number of hydrogen-bond donors (Lipinski definition) is 1. The standard InChI is InChI=1S/C18H21FN4O2S/c1-4-10-26-18-21-17-20-11(3)14(16(24)25-5-2)15(23(17)22-18)12-6-8-13(19)9-7-12/h6-9,15H,4-5,10H2,1-3H3,(H,20,21,22)/t15-/m0/s1. The van der Waals surface area contributed by atoms with Crippen molar-refractivity contribution in [3.63, 3.8) is 0 Å². The third-order valence-corrected chi connectivity index (χ3v) is 4.99. The molecule has 2 aromatic rings. The smallest absolute Gasteiger partial charge is 0.338 e. The first kappa shape index (κ1) is 18.4. The van der Waals surface area contributed by atoms with E-state index in [4.69, 9.17) is 4.74 Å². The highest BCUT2D eigenvalue weighted by atomic mass is 32.2. The summed E-state index contributed by atoms with van der Waals surface area (Å²) in [6.07, 6.45) is 1.01. The summed E-state index contributed by atoms with van der Waals surface area (Å²) in [5.41, 5.74) is 1.85. The number of carbonyl (C=O) groups excluding carboxylic acids is 1. The fourth-order valence-corrected chi connectivity index (χ4v) is 3.50. The monoisotopic (exact) mass is 376 g/mol. The van der Waals surface area contributed by atoms with E-state index in [1.165, 1.54) is 12.1 Å². The number of esters is 1. The van der Waals surface area contributed by atoms with Crippen LogP contribution in [0.1, 0.15) is 38.8 Å². The zero-order valence-corrected chi connectivity index (χ0v) is 15.8. The lowest BCUT2D eigenvalue weighted by atomic mass is 9.96. The Morgan fingerprint density at radius 1 is 1.35 bits per heavy atom. The van der Waals surface area contributed by atoms with Crippen molar-refractivity contribution < 1.29 is 13.9 Å². The van der Waals surface area contributed by atoms with Crippen molar-refractivity contribution in [3.05, 3.63) is 46.9 Å². The minimum atomic E-state index is -0.519. The van der Waals surface area contributed by atoms with Gasteiger partial charge in [0.15, 0.2) is 0 Å². The number of aromatic nitrogens is 3. The molecule has 1 aromatic carbocycles.